The molecule has 0 bridgehead atoms. The van der Waals surface area contributed by atoms with Crippen LogP contribution in [0, 0.1) is 11.8 Å². The SMILES string of the molecule is CC(C(=O)N(CC(F)(F)F)C1CCNCC1)C1CC1. The Morgan fingerprint density at radius 2 is 1.84 bits per heavy atom. The molecular weight excluding hydrogens is 257 g/mol. The highest BCUT2D eigenvalue weighted by Crippen LogP contribution is 2.38. The van der Waals surface area contributed by atoms with Crippen LogP contribution in [0.2, 0.25) is 0 Å². The van der Waals surface area contributed by atoms with E-state index in [1.54, 1.807) is 6.92 Å². The molecule has 0 aromatic rings. The number of carbonyl (C=O) groups excluding carboxylic acids is 1. The third kappa shape index (κ3) is 4.09. The summed E-state index contributed by atoms with van der Waals surface area (Å²) >= 11 is 0. The van der Waals surface area contributed by atoms with Gasteiger partial charge in [0.2, 0.25) is 5.91 Å². The van der Waals surface area contributed by atoms with Crippen LogP contribution in [-0.2, 0) is 4.79 Å². The van der Waals surface area contributed by atoms with E-state index in [1.807, 2.05) is 0 Å². The maximum absolute atomic E-state index is 12.7. The molecule has 1 atom stereocenters. The maximum atomic E-state index is 12.7. The van der Waals surface area contributed by atoms with Gasteiger partial charge in [-0.05, 0) is 44.7 Å². The van der Waals surface area contributed by atoms with Crippen molar-refractivity contribution in [1.29, 1.82) is 0 Å². The first kappa shape index (κ1) is 14.6. The van der Waals surface area contributed by atoms with Crippen LogP contribution in [0.1, 0.15) is 32.6 Å². The average molecular weight is 278 g/mol. The van der Waals surface area contributed by atoms with E-state index in [0.29, 0.717) is 31.8 Å². The summed E-state index contributed by atoms with van der Waals surface area (Å²) in [4.78, 5) is 13.4. The fourth-order valence-electron chi connectivity index (χ4n) is 2.76. The third-order valence-corrected chi connectivity index (χ3v) is 4.10. The largest absolute Gasteiger partial charge is 0.406 e. The lowest BCUT2D eigenvalue weighted by Gasteiger charge is -2.36. The molecular formula is C13H21F3N2O. The molecule has 6 heteroatoms. The topological polar surface area (TPSA) is 32.3 Å². The summed E-state index contributed by atoms with van der Waals surface area (Å²) < 4.78 is 38.1. The van der Waals surface area contributed by atoms with Crippen molar-refractivity contribution in [1.82, 2.24) is 10.2 Å². The van der Waals surface area contributed by atoms with Crippen molar-refractivity contribution in [3.63, 3.8) is 0 Å². The fourth-order valence-corrected chi connectivity index (χ4v) is 2.76. The van der Waals surface area contributed by atoms with Crippen LogP contribution in [0.5, 0.6) is 0 Å². The number of nitrogens with zero attached hydrogens (tertiary/aromatic N) is 1. The summed E-state index contributed by atoms with van der Waals surface area (Å²) in [6.07, 6.45) is -1.15. The van der Waals surface area contributed by atoms with Gasteiger partial charge < -0.3 is 10.2 Å². The van der Waals surface area contributed by atoms with Crippen molar-refractivity contribution in [3.05, 3.63) is 0 Å². The predicted octanol–water partition coefficient (Wildman–Crippen LogP) is 2.18. The van der Waals surface area contributed by atoms with Crippen LogP contribution < -0.4 is 5.32 Å². The number of halogens is 3. The van der Waals surface area contributed by atoms with Gasteiger partial charge in [0.15, 0.2) is 0 Å². The van der Waals surface area contributed by atoms with Crippen molar-refractivity contribution < 1.29 is 18.0 Å². The molecule has 110 valence electrons. The first-order valence-electron chi connectivity index (χ1n) is 6.96. The first-order chi connectivity index (χ1) is 8.88. The molecule has 0 spiro atoms. The van der Waals surface area contributed by atoms with Gasteiger partial charge in [-0.2, -0.15) is 13.2 Å². The molecule has 2 aliphatic rings. The number of hydrogen-bond acceptors (Lipinski definition) is 2. The molecule has 0 aromatic heterocycles. The Labute approximate surface area is 111 Å². The standard InChI is InChI=1S/C13H21F3N2O/c1-9(10-2-3-10)12(19)18(8-13(14,15)16)11-4-6-17-7-5-11/h9-11,17H,2-8H2,1H3. The Balaban J connectivity index is 2.05. The lowest BCUT2D eigenvalue weighted by Crippen LogP contribution is -2.51. The Kier molecular flexibility index (Phi) is 4.38. The van der Waals surface area contributed by atoms with Crippen LogP contribution in [0.25, 0.3) is 0 Å². The molecule has 1 unspecified atom stereocenters. The molecule has 2 fully saturated rings. The predicted molar refractivity (Wildman–Crippen MR) is 65.5 cm³/mol. The second-order valence-corrected chi connectivity index (χ2v) is 5.69. The van der Waals surface area contributed by atoms with Gasteiger partial charge >= 0.3 is 6.18 Å². The third-order valence-electron chi connectivity index (χ3n) is 4.10. The van der Waals surface area contributed by atoms with E-state index in [4.69, 9.17) is 0 Å². The highest BCUT2D eigenvalue weighted by atomic mass is 19.4. The van der Waals surface area contributed by atoms with E-state index in [-0.39, 0.29) is 17.9 Å². The van der Waals surface area contributed by atoms with Crippen LogP contribution in [0.15, 0.2) is 0 Å². The van der Waals surface area contributed by atoms with Gasteiger partial charge in [0.1, 0.15) is 6.54 Å². The van der Waals surface area contributed by atoms with Crippen molar-refractivity contribution in [2.45, 2.75) is 44.8 Å². The zero-order valence-electron chi connectivity index (χ0n) is 11.2. The highest BCUT2D eigenvalue weighted by molar-refractivity contribution is 5.79. The quantitative estimate of drug-likeness (QED) is 0.855. The monoisotopic (exact) mass is 278 g/mol. The van der Waals surface area contributed by atoms with Gasteiger partial charge in [0, 0.05) is 12.0 Å². The molecule has 0 radical (unpaired) electrons. The van der Waals surface area contributed by atoms with E-state index in [2.05, 4.69) is 5.32 Å². The number of alkyl halides is 3. The lowest BCUT2D eigenvalue weighted by molar-refractivity contribution is -0.169. The second-order valence-electron chi connectivity index (χ2n) is 5.69. The van der Waals surface area contributed by atoms with Crippen molar-refractivity contribution in [2.75, 3.05) is 19.6 Å². The Morgan fingerprint density at radius 1 is 1.26 bits per heavy atom. The number of piperidine rings is 1. The molecule has 1 aliphatic heterocycles. The summed E-state index contributed by atoms with van der Waals surface area (Å²) in [7, 11) is 0. The molecule has 3 nitrogen and oxygen atoms in total. The van der Waals surface area contributed by atoms with E-state index in [1.165, 1.54) is 0 Å². The molecule has 1 amide bonds. The van der Waals surface area contributed by atoms with Gasteiger partial charge in [-0.3, -0.25) is 4.79 Å². The number of amides is 1. The summed E-state index contributed by atoms with van der Waals surface area (Å²) in [5, 5.41) is 3.12. The fraction of sp³-hybridized carbons (Fsp3) is 0.923. The number of rotatable bonds is 4. The van der Waals surface area contributed by atoms with Crippen LogP contribution >= 0.6 is 0 Å². The van der Waals surface area contributed by atoms with E-state index >= 15 is 0 Å². The summed E-state index contributed by atoms with van der Waals surface area (Å²) in [5.74, 6) is -0.283. The van der Waals surface area contributed by atoms with Gasteiger partial charge in [-0.15, -0.1) is 0 Å². The van der Waals surface area contributed by atoms with Crippen molar-refractivity contribution in [3.8, 4) is 0 Å². The van der Waals surface area contributed by atoms with Crippen LogP contribution in [-0.4, -0.2) is 42.7 Å². The maximum Gasteiger partial charge on any atom is 0.406 e. The Morgan fingerprint density at radius 3 is 2.32 bits per heavy atom. The Bertz CT molecular complexity index is 322. The zero-order valence-corrected chi connectivity index (χ0v) is 11.2. The highest BCUT2D eigenvalue weighted by Gasteiger charge is 2.41. The minimum Gasteiger partial charge on any atom is -0.330 e. The van der Waals surface area contributed by atoms with Crippen LogP contribution in [0.3, 0.4) is 0 Å². The molecule has 1 saturated carbocycles. The minimum absolute atomic E-state index is 0.266. The van der Waals surface area contributed by atoms with Gasteiger partial charge in [-0.25, -0.2) is 0 Å². The smallest absolute Gasteiger partial charge is 0.330 e. The lowest BCUT2D eigenvalue weighted by atomic mass is 9.99. The van der Waals surface area contributed by atoms with Crippen molar-refractivity contribution >= 4 is 5.91 Å². The van der Waals surface area contributed by atoms with Crippen molar-refractivity contribution in [2.24, 2.45) is 11.8 Å². The number of carbonyl (C=O) groups is 1. The molecule has 19 heavy (non-hydrogen) atoms. The average Bonchev–Trinajstić information content (AvgIpc) is 3.18. The normalized spacial score (nSPS) is 23.2. The summed E-state index contributed by atoms with van der Waals surface area (Å²) in [6.45, 7) is 2.03. The van der Waals surface area contributed by atoms with E-state index in [0.717, 1.165) is 17.7 Å². The van der Waals surface area contributed by atoms with Gasteiger partial charge in [0.05, 0.1) is 0 Å². The van der Waals surface area contributed by atoms with E-state index in [9.17, 15) is 18.0 Å². The number of nitrogens with one attached hydrogen (secondary N) is 1. The van der Waals surface area contributed by atoms with E-state index < -0.39 is 12.7 Å². The summed E-state index contributed by atoms with van der Waals surface area (Å²) in [5.41, 5.74) is 0. The molecule has 2 rings (SSSR count). The molecule has 1 heterocycles. The van der Waals surface area contributed by atoms with Gasteiger partial charge in [-0.1, -0.05) is 6.92 Å². The van der Waals surface area contributed by atoms with Gasteiger partial charge in [0.25, 0.3) is 0 Å². The summed E-state index contributed by atoms with van der Waals surface area (Å²) in [6, 6.07) is -0.267. The molecule has 0 aromatic carbocycles. The molecule has 1 aliphatic carbocycles. The Hall–Kier alpha value is -0.780. The molecule has 1 saturated heterocycles. The van der Waals surface area contributed by atoms with Crippen LogP contribution in [0.4, 0.5) is 13.2 Å². The zero-order chi connectivity index (χ0) is 14.0. The number of hydrogen-bond donors (Lipinski definition) is 1. The molecule has 1 N–H and O–H groups in total. The minimum atomic E-state index is -4.32. The first-order valence-corrected chi connectivity index (χ1v) is 6.96. The second kappa shape index (κ2) is 5.69.